The van der Waals surface area contributed by atoms with E-state index in [1.54, 1.807) is 23.3 Å². The highest BCUT2D eigenvalue weighted by molar-refractivity contribution is 5.57. The first-order valence-corrected chi connectivity index (χ1v) is 21.2. The molecular weight excluding hydrogens is 759 g/mol. The van der Waals surface area contributed by atoms with Gasteiger partial charge in [-0.3, -0.25) is 0 Å². The number of hydrogen-bond donors (Lipinski definition) is 5. The van der Waals surface area contributed by atoms with E-state index in [2.05, 4.69) is 90.1 Å². The first-order valence-electron chi connectivity index (χ1n) is 21.2. The number of benzene rings is 2. The van der Waals surface area contributed by atoms with E-state index >= 15 is 0 Å². The summed E-state index contributed by atoms with van der Waals surface area (Å²) in [6.45, 7) is 14.7. The van der Waals surface area contributed by atoms with Gasteiger partial charge >= 0.3 is 6.01 Å². The van der Waals surface area contributed by atoms with Gasteiger partial charge in [0.25, 0.3) is 0 Å². The molecule has 4 aromatic heterocycles. The van der Waals surface area contributed by atoms with E-state index in [-0.39, 0.29) is 30.1 Å². The van der Waals surface area contributed by atoms with Crippen LogP contribution in [0.2, 0.25) is 0 Å². The first-order chi connectivity index (χ1) is 29.0. The molecule has 0 spiro atoms. The van der Waals surface area contributed by atoms with Crippen LogP contribution in [0, 0.1) is 0 Å². The molecule has 16 nitrogen and oxygen atoms in total. The van der Waals surface area contributed by atoms with Gasteiger partial charge in [0.2, 0.25) is 17.8 Å². The van der Waals surface area contributed by atoms with Crippen LogP contribution in [-0.4, -0.2) is 84.7 Å². The van der Waals surface area contributed by atoms with Crippen molar-refractivity contribution in [1.29, 1.82) is 0 Å². The minimum absolute atomic E-state index is 0.0135. The highest BCUT2D eigenvalue weighted by Gasteiger charge is 2.24. The lowest BCUT2D eigenvalue weighted by atomic mass is 9.94. The first kappa shape index (κ1) is 42.4. The van der Waals surface area contributed by atoms with Gasteiger partial charge in [-0.15, -0.1) is 0 Å². The third kappa shape index (κ3) is 9.99. The smallest absolute Gasteiger partial charge is 0.322 e. The fraction of sp³-hybridized carbons (Fsp3) is 0.500. The largest absolute Gasteiger partial charge is 0.497 e. The second-order valence-corrected chi connectivity index (χ2v) is 16.5. The van der Waals surface area contributed by atoms with Gasteiger partial charge in [0.1, 0.15) is 17.6 Å². The molecule has 6 aromatic rings. The van der Waals surface area contributed by atoms with Crippen molar-refractivity contribution >= 4 is 29.1 Å². The molecule has 3 atom stereocenters. The van der Waals surface area contributed by atoms with Crippen LogP contribution >= 0.6 is 0 Å². The quantitative estimate of drug-likeness (QED) is 0.0738. The molecule has 1 saturated heterocycles. The lowest BCUT2D eigenvalue weighted by Crippen LogP contribution is -2.32. The number of nitrogens with zero attached hydrogens (tertiary/aromatic N) is 8. The van der Waals surface area contributed by atoms with Crippen molar-refractivity contribution in [2.24, 2.45) is 5.73 Å². The van der Waals surface area contributed by atoms with Gasteiger partial charge in [-0.25, -0.2) is 0 Å². The number of rotatable bonds is 14. The molecular formula is C44H61N13O3. The summed E-state index contributed by atoms with van der Waals surface area (Å²) >= 11 is 0. The summed E-state index contributed by atoms with van der Waals surface area (Å²) < 4.78 is 20.5. The van der Waals surface area contributed by atoms with Gasteiger partial charge < -0.3 is 41.2 Å². The molecule has 60 heavy (non-hydrogen) atoms. The molecule has 2 aliphatic rings. The van der Waals surface area contributed by atoms with Gasteiger partial charge in [-0.05, 0) is 99.7 Å². The van der Waals surface area contributed by atoms with Crippen molar-refractivity contribution in [2.75, 3.05) is 43.3 Å². The third-order valence-corrected chi connectivity index (χ3v) is 11.3. The standard InChI is InChI=1S/C23H32N6O2.C21H29N7O/c1-14(2)20-13-25-29-21(20)27-23(31-18-10-8-17(24)9-11-18)28-22(29)26-15(3)16-6-5-7-19(12-16)30-4;1-13(2)18-12-23-28-19(18)26-20(25-16-8-9-22-11-16)27-21(28)24-14(3)15-6-5-7-17(10-15)29-4/h5-7,12-15,17-18H,8-11,24H2,1-4H3,(H,26,27,28);5-7,10,12-14,16,22H,8-9,11H2,1-4H3,(H2,24,25,26,27)/t;14-,16?/m.0/s1. The summed E-state index contributed by atoms with van der Waals surface area (Å²) in [6, 6.07) is 17.0. The Balaban J connectivity index is 0.000000182. The molecule has 8 rings (SSSR count). The number of anilines is 3. The Hall–Kier alpha value is -5.74. The Labute approximate surface area is 352 Å². The molecule has 320 valence electrons. The number of ether oxygens (including phenoxy) is 3. The van der Waals surface area contributed by atoms with Gasteiger partial charge in [-0.2, -0.15) is 39.2 Å². The SMILES string of the molecule is COc1cccc(C(C)Nc2nc(OC3CCC(N)CC3)nc3c(C(C)C)cnn23)c1.COc1cccc([C@H](C)Nc2nc(NC3CCNC3)nc3c(C(C)C)cnn23)c1. The average Bonchev–Trinajstić information content (AvgIpc) is 4.03. The fourth-order valence-electron chi connectivity index (χ4n) is 7.58. The van der Waals surface area contributed by atoms with Crippen LogP contribution < -0.4 is 41.2 Å². The maximum Gasteiger partial charge on any atom is 0.322 e. The van der Waals surface area contributed by atoms with E-state index in [4.69, 9.17) is 34.9 Å². The van der Waals surface area contributed by atoms with E-state index in [0.717, 1.165) is 90.2 Å². The van der Waals surface area contributed by atoms with E-state index in [0.29, 0.717) is 35.8 Å². The van der Waals surface area contributed by atoms with Gasteiger partial charge in [0, 0.05) is 29.8 Å². The Bertz CT molecular complexity index is 2330. The lowest BCUT2D eigenvalue weighted by molar-refractivity contribution is 0.135. The lowest BCUT2D eigenvalue weighted by Gasteiger charge is -2.26. The minimum atomic E-state index is -0.0135. The molecule has 5 heterocycles. The van der Waals surface area contributed by atoms with Crippen molar-refractivity contribution in [3.05, 3.63) is 83.2 Å². The molecule has 1 aliphatic carbocycles. The topological polar surface area (TPSA) is 188 Å². The number of nitrogens with one attached hydrogen (secondary N) is 4. The van der Waals surface area contributed by atoms with E-state index in [9.17, 15) is 0 Å². The predicted molar refractivity (Wildman–Crippen MR) is 236 cm³/mol. The number of fused-ring (bicyclic) bond motifs is 2. The van der Waals surface area contributed by atoms with E-state index in [1.807, 2.05) is 48.8 Å². The number of methoxy groups -OCH3 is 2. The van der Waals surface area contributed by atoms with Crippen molar-refractivity contribution in [3.8, 4) is 17.5 Å². The molecule has 0 amide bonds. The van der Waals surface area contributed by atoms with Gasteiger partial charge in [-0.1, -0.05) is 52.0 Å². The highest BCUT2D eigenvalue weighted by Crippen LogP contribution is 2.29. The van der Waals surface area contributed by atoms with Crippen LogP contribution in [0.4, 0.5) is 17.8 Å². The highest BCUT2D eigenvalue weighted by atomic mass is 16.5. The maximum atomic E-state index is 6.20. The molecule has 2 fully saturated rings. The zero-order valence-corrected chi connectivity index (χ0v) is 36.1. The van der Waals surface area contributed by atoms with Crippen LogP contribution in [0.5, 0.6) is 17.5 Å². The number of hydrogen-bond acceptors (Lipinski definition) is 14. The Morgan fingerprint density at radius 3 is 1.77 bits per heavy atom. The Morgan fingerprint density at radius 1 is 0.700 bits per heavy atom. The second kappa shape index (κ2) is 19.1. The van der Waals surface area contributed by atoms with Crippen LogP contribution in [0.15, 0.2) is 60.9 Å². The van der Waals surface area contributed by atoms with Crippen LogP contribution in [0.25, 0.3) is 11.3 Å². The molecule has 0 radical (unpaired) electrons. The summed E-state index contributed by atoms with van der Waals surface area (Å²) in [4.78, 5) is 18.9. The van der Waals surface area contributed by atoms with Crippen molar-refractivity contribution in [1.82, 2.24) is 44.5 Å². The van der Waals surface area contributed by atoms with Gasteiger partial charge in [0.15, 0.2) is 11.3 Å². The van der Waals surface area contributed by atoms with Crippen molar-refractivity contribution < 1.29 is 14.2 Å². The minimum Gasteiger partial charge on any atom is -0.497 e. The number of nitrogens with two attached hydrogens (primary N) is 1. The van der Waals surface area contributed by atoms with Crippen LogP contribution in [0.1, 0.15) is 120 Å². The van der Waals surface area contributed by atoms with Gasteiger partial charge in [0.05, 0.1) is 38.7 Å². The molecule has 16 heteroatoms. The zero-order chi connectivity index (χ0) is 42.3. The summed E-state index contributed by atoms with van der Waals surface area (Å²) in [5.41, 5.74) is 12.0. The monoisotopic (exact) mass is 820 g/mol. The van der Waals surface area contributed by atoms with E-state index in [1.165, 1.54) is 0 Å². The maximum absolute atomic E-state index is 6.20. The molecule has 6 N–H and O–H groups in total. The molecule has 1 aliphatic heterocycles. The summed E-state index contributed by atoms with van der Waals surface area (Å²) in [7, 11) is 3.35. The zero-order valence-electron chi connectivity index (χ0n) is 36.1. The second-order valence-electron chi connectivity index (χ2n) is 16.5. The number of aromatic nitrogens is 8. The summed E-state index contributed by atoms with van der Waals surface area (Å²) in [5, 5.41) is 22.9. The normalized spacial score (nSPS) is 18.9. The third-order valence-electron chi connectivity index (χ3n) is 11.3. The van der Waals surface area contributed by atoms with E-state index < -0.39 is 0 Å². The molecule has 0 bridgehead atoms. The Kier molecular flexibility index (Phi) is 13.5. The van der Waals surface area contributed by atoms with Crippen molar-refractivity contribution in [3.63, 3.8) is 0 Å². The molecule has 2 unspecified atom stereocenters. The predicted octanol–water partition coefficient (Wildman–Crippen LogP) is 7.28. The summed E-state index contributed by atoms with van der Waals surface area (Å²) in [6.07, 6.45) is 8.69. The van der Waals surface area contributed by atoms with Crippen LogP contribution in [0.3, 0.4) is 0 Å². The van der Waals surface area contributed by atoms with Crippen molar-refractivity contribution in [2.45, 2.75) is 116 Å². The fourth-order valence-corrected chi connectivity index (χ4v) is 7.58. The Morgan fingerprint density at radius 2 is 1.25 bits per heavy atom. The average molecular weight is 820 g/mol. The molecule has 1 saturated carbocycles. The summed E-state index contributed by atoms with van der Waals surface area (Å²) in [5.74, 6) is 4.18. The molecule has 2 aromatic carbocycles. The van der Waals surface area contributed by atoms with Crippen LogP contribution in [-0.2, 0) is 0 Å².